The van der Waals surface area contributed by atoms with Crippen molar-refractivity contribution in [3.05, 3.63) is 69.7 Å². The summed E-state index contributed by atoms with van der Waals surface area (Å²) in [5.74, 6) is 0. The third-order valence-electron chi connectivity index (χ3n) is 8.38. The smallest absolute Gasteiger partial charge is 0.410 e. The summed E-state index contributed by atoms with van der Waals surface area (Å²) in [6.45, 7) is 14.4. The van der Waals surface area contributed by atoms with Gasteiger partial charge in [0.05, 0.1) is 13.2 Å². The summed E-state index contributed by atoms with van der Waals surface area (Å²) in [6, 6.07) is 15.5. The first-order chi connectivity index (χ1) is 21.0. The zero-order chi connectivity index (χ0) is 33.5. The molecule has 0 saturated carbocycles. The van der Waals surface area contributed by atoms with E-state index in [9.17, 15) is 14.7 Å². The standard InChI is InChI=1S/C18H26ClNO3.C17H24ClNO3/c1-17(2,3)23-16(21)20-11-9-18(10-12-20,13-22-4)14-5-7-15(19)8-6-14;1-16(2,3)22-15(21)19-10-8-17(12-20,9-11-19)13-4-6-14(18)7-5-13/h5-8H,9-13H2,1-4H3;4-7,20H,8-12H2,1-3H3. The molecule has 1 N–H and O–H groups in total. The summed E-state index contributed by atoms with van der Waals surface area (Å²) in [7, 11) is 1.72. The molecule has 2 heterocycles. The lowest BCUT2D eigenvalue weighted by atomic mass is 9.73. The number of carbonyl (C=O) groups excluding carboxylic acids is 2. The molecule has 0 aromatic heterocycles. The first-order valence-electron chi connectivity index (χ1n) is 15.6. The van der Waals surface area contributed by atoms with Crippen LogP contribution in [0.2, 0.25) is 10.0 Å². The van der Waals surface area contributed by atoms with E-state index >= 15 is 0 Å². The predicted octanol–water partition coefficient (Wildman–Crippen LogP) is 7.86. The molecule has 2 fully saturated rings. The van der Waals surface area contributed by atoms with Gasteiger partial charge in [-0.1, -0.05) is 47.5 Å². The number of aliphatic hydroxyl groups excluding tert-OH is 1. The minimum atomic E-state index is -0.487. The number of amides is 2. The van der Waals surface area contributed by atoms with Gasteiger partial charge in [0.15, 0.2) is 0 Å². The van der Waals surface area contributed by atoms with Crippen LogP contribution in [0.4, 0.5) is 9.59 Å². The zero-order valence-corrected chi connectivity index (χ0v) is 29.3. The van der Waals surface area contributed by atoms with Crippen molar-refractivity contribution < 1.29 is 28.9 Å². The van der Waals surface area contributed by atoms with E-state index in [1.54, 1.807) is 16.9 Å². The Bertz CT molecular complexity index is 1240. The van der Waals surface area contributed by atoms with E-state index in [-0.39, 0.29) is 29.6 Å². The summed E-state index contributed by atoms with van der Waals surface area (Å²) in [5, 5.41) is 11.3. The molecular weight excluding hydrogens is 615 g/mol. The van der Waals surface area contributed by atoms with Crippen LogP contribution in [-0.2, 0) is 25.0 Å². The van der Waals surface area contributed by atoms with Crippen molar-refractivity contribution in [3.8, 4) is 0 Å². The van der Waals surface area contributed by atoms with E-state index in [0.717, 1.165) is 23.4 Å². The Balaban J connectivity index is 0.000000246. The molecule has 2 aromatic rings. The second-order valence-electron chi connectivity index (χ2n) is 14.1. The predicted molar refractivity (Wildman–Crippen MR) is 179 cm³/mol. The van der Waals surface area contributed by atoms with Gasteiger partial charge in [0.1, 0.15) is 11.2 Å². The second kappa shape index (κ2) is 15.4. The van der Waals surface area contributed by atoms with Crippen molar-refractivity contribution in [2.24, 2.45) is 0 Å². The van der Waals surface area contributed by atoms with Crippen molar-refractivity contribution in [3.63, 3.8) is 0 Å². The number of nitrogens with zero attached hydrogens (tertiary/aromatic N) is 2. The maximum absolute atomic E-state index is 12.2. The summed E-state index contributed by atoms with van der Waals surface area (Å²) in [6.07, 6.45) is 2.60. The van der Waals surface area contributed by atoms with Gasteiger partial charge in [-0.15, -0.1) is 0 Å². The summed E-state index contributed by atoms with van der Waals surface area (Å²) in [4.78, 5) is 27.8. The number of hydrogen-bond donors (Lipinski definition) is 1. The molecule has 45 heavy (non-hydrogen) atoms. The van der Waals surface area contributed by atoms with Crippen molar-refractivity contribution in [2.45, 2.75) is 89.3 Å². The first-order valence-corrected chi connectivity index (χ1v) is 16.3. The van der Waals surface area contributed by atoms with Crippen LogP contribution in [0.15, 0.2) is 48.5 Å². The molecule has 250 valence electrons. The molecule has 0 spiro atoms. The molecule has 0 aliphatic carbocycles. The van der Waals surface area contributed by atoms with Gasteiger partial charge < -0.3 is 29.1 Å². The lowest BCUT2D eigenvalue weighted by molar-refractivity contribution is 0.00947. The number of hydrogen-bond acceptors (Lipinski definition) is 6. The molecule has 10 heteroatoms. The van der Waals surface area contributed by atoms with Crippen molar-refractivity contribution in [2.75, 3.05) is 46.5 Å². The van der Waals surface area contributed by atoms with E-state index in [4.69, 9.17) is 37.4 Å². The number of aliphatic hydroxyl groups is 1. The highest BCUT2D eigenvalue weighted by molar-refractivity contribution is 6.30. The Morgan fingerprint density at radius 2 is 1.02 bits per heavy atom. The number of methoxy groups -OCH3 is 1. The van der Waals surface area contributed by atoms with Crippen LogP contribution in [0.3, 0.4) is 0 Å². The fourth-order valence-electron chi connectivity index (χ4n) is 5.83. The zero-order valence-electron chi connectivity index (χ0n) is 27.8. The summed E-state index contributed by atoms with van der Waals surface area (Å²) in [5.41, 5.74) is 0.962. The molecule has 2 aliphatic heterocycles. The lowest BCUT2D eigenvalue weighted by Gasteiger charge is -2.42. The van der Waals surface area contributed by atoms with Crippen LogP contribution in [0.5, 0.6) is 0 Å². The SMILES string of the molecule is CC(C)(C)OC(=O)N1CCC(CO)(c2ccc(Cl)cc2)CC1.COCC1(c2ccc(Cl)cc2)CCN(C(=O)OC(C)(C)C)CC1. The van der Waals surface area contributed by atoms with Gasteiger partial charge in [-0.2, -0.15) is 0 Å². The molecule has 4 rings (SSSR count). The van der Waals surface area contributed by atoms with E-state index in [0.29, 0.717) is 50.7 Å². The van der Waals surface area contributed by atoms with Crippen LogP contribution in [0.1, 0.15) is 78.4 Å². The van der Waals surface area contributed by atoms with Gasteiger partial charge in [-0.05, 0) is 103 Å². The summed E-state index contributed by atoms with van der Waals surface area (Å²) >= 11 is 11.9. The molecule has 0 radical (unpaired) electrons. The van der Waals surface area contributed by atoms with E-state index in [2.05, 4.69) is 12.1 Å². The van der Waals surface area contributed by atoms with Crippen LogP contribution in [0, 0.1) is 0 Å². The van der Waals surface area contributed by atoms with E-state index in [1.807, 2.05) is 77.9 Å². The number of likely N-dealkylation sites (tertiary alicyclic amines) is 2. The Morgan fingerprint density at radius 3 is 1.33 bits per heavy atom. The normalized spacial score (nSPS) is 18.0. The molecule has 2 amide bonds. The van der Waals surface area contributed by atoms with Gasteiger partial charge in [-0.25, -0.2) is 9.59 Å². The molecule has 0 unspecified atom stereocenters. The van der Waals surface area contributed by atoms with Crippen LogP contribution in [0.25, 0.3) is 0 Å². The highest BCUT2D eigenvalue weighted by atomic mass is 35.5. The van der Waals surface area contributed by atoms with Gasteiger partial charge >= 0.3 is 12.2 Å². The van der Waals surface area contributed by atoms with E-state index < -0.39 is 11.2 Å². The average molecular weight is 666 g/mol. The second-order valence-corrected chi connectivity index (χ2v) is 15.0. The monoisotopic (exact) mass is 664 g/mol. The topological polar surface area (TPSA) is 88.5 Å². The van der Waals surface area contributed by atoms with Gasteiger partial charge in [0.25, 0.3) is 0 Å². The molecule has 2 aromatic carbocycles. The van der Waals surface area contributed by atoms with Crippen LogP contribution >= 0.6 is 23.2 Å². The molecule has 0 bridgehead atoms. The number of ether oxygens (including phenoxy) is 3. The van der Waals surface area contributed by atoms with Crippen molar-refractivity contribution in [1.82, 2.24) is 9.80 Å². The quantitative estimate of drug-likeness (QED) is 0.350. The number of rotatable bonds is 5. The Hall–Kier alpha value is -2.52. The lowest BCUT2D eigenvalue weighted by Crippen LogP contribution is -2.48. The molecule has 2 saturated heterocycles. The number of piperidine rings is 2. The number of benzene rings is 2. The molecule has 2 aliphatic rings. The van der Waals surface area contributed by atoms with Crippen molar-refractivity contribution in [1.29, 1.82) is 0 Å². The third kappa shape index (κ3) is 10.5. The molecule has 0 atom stereocenters. The molecule has 8 nitrogen and oxygen atoms in total. The van der Waals surface area contributed by atoms with Crippen LogP contribution in [-0.4, -0.2) is 84.8 Å². The number of halogens is 2. The molecular formula is C35H50Cl2N2O6. The van der Waals surface area contributed by atoms with Gasteiger partial charge in [0, 0.05) is 54.2 Å². The van der Waals surface area contributed by atoms with E-state index in [1.165, 1.54) is 5.56 Å². The highest BCUT2D eigenvalue weighted by Gasteiger charge is 2.39. The van der Waals surface area contributed by atoms with Gasteiger partial charge in [-0.3, -0.25) is 0 Å². The Kier molecular flexibility index (Phi) is 12.6. The summed E-state index contributed by atoms with van der Waals surface area (Å²) < 4.78 is 16.4. The fraction of sp³-hybridized carbons (Fsp3) is 0.600. The third-order valence-corrected chi connectivity index (χ3v) is 8.88. The van der Waals surface area contributed by atoms with Crippen molar-refractivity contribution >= 4 is 35.4 Å². The minimum absolute atomic E-state index is 0.0663. The van der Waals surface area contributed by atoms with Crippen LogP contribution < -0.4 is 0 Å². The fourth-order valence-corrected chi connectivity index (χ4v) is 6.08. The highest BCUT2D eigenvalue weighted by Crippen LogP contribution is 2.38. The average Bonchev–Trinajstić information content (AvgIpc) is 2.97. The first kappa shape index (κ1) is 36.9. The Labute approximate surface area is 278 Å². The minimum Gasteiger partial charge on any atom is -0.444 e. The number of carbonyl (C=O) groups is 2. The van der Waals surface area contributed by atoms with Gasteiger partial charge in [0.2, 0.25) is 0 Å². The largest absolute Gasteiger partial charge is 0.444 e. The Morgan fingerprint density at radius 1 is 0.689 bits per heavy atom. The maximum Gasteiger partial charge on any atom is 0.410 e. The maximum atomic E-state index is 12.2.